The van der Waals surface area contributed by atoms with E-state index < -0.39 is 17.5 Å². The topological polar surface area (TPSA) is 78.4 Å². The number of alkyl halides is 3. The smallest absolute Gasteiger partial charge is 0.416 e. The largest absolute Gasteiger partial charge is 0.507 e. The zero-order chi connectivity index (χ0) is 22.2. The van der Waals surface area contributed by atoms with Crippen molar-refractivity contribution in [3.8, 4) is 17.0 Å². The first-order valence-electron chi connectivity index (χ1n) is 9.92. The highest BCUT2D eigenvalue weighted by molar-refractivity contribution is 6.00. The van der Waals surface area contributed by atoms with E-state index in [1.54, 1.807) is 24.0 Å². The van der Waals surface area contributed by atoms with Crippen LogP contribution in [-0.4, -0.2) is 45.2 Å². The fourth-order valence-corrected chi connectivity index (χ4v) is 3.89. The lowest BCUT2D eigenvalue weighted by atomic mass is 10.0. The molecule has 4 rings (SSSR count). The number of carbonyl (C=O) groups excluding carboxylic acids is 1. The highest BCUT2D eigenvalue weighted by atomic mass is 19.4. The molecule has 1 atom stereocenters. The number of nitrogens with zero attached hydrogens (tertiary/aromatic N) is 3. The maximum Gasteiger partial charge on any atom is 0.416 e. The van der Waals surface area contributed by atoms with Crippen LogP contribution in [0, 0.1) is 0 Å². The molecule has 9 heteroatoms. The van der Waals surface area contributed by atoms with E-state index >= 15 is 0 Å². The summed E-state index contributed by atoms with van der Waals surface area (Å²) in [5.41, 5.74) is -0.471. The van der Waals surface area contributed by atoms with Gasteiger partial charge in [0.1, 0.15) is 11.4 Å². The average molecular weight is 430 g/mol. The summed E-state index contributed by atoms with van der Waals surface area (Å²) < 4.78 is 38.8. The Morgan fingerprint density at radius 2 is 1.90 bits per heavy atom. The Bertz CT molecular complexity index is 1130. The number of phenolic OH excluding ortho intramolecular Hbond substituents is 1. The summed E-state index contributed by atoms with van der Waals surface area (Å²) in [6, 6.07) is 10.1. The molecule has 162 valence electrons. The van der Waals surface area contributed by atoms with Crippen molar-refractivity contribution >= 4 is 22.5 Å². The molecule has 0 bridgehead atoms. The van der Waals surface area contributed by atoms with Gasteiger partial charge < -0.3 is 15.3 Å². The summed E-state index contributed by atoms with van der Waals surface area (Å²) >= 11 is 0. The lowest BCUT2D eigenvalue weighted by Gasteiger charge is -2.32. The van der Waals surface area contributed by atoms with Crippen molar-refractivity contribution in [3.05, 3.63) is 48.0 Å². The number of fused-ring (bicyclic) bond motifs is 1. The molecule has 6 nitrogen and oxygen atoms in total. The number of anilines is 1. The number of likely N-dealkylation sites (tertiary alicyclic amines) is 1. The molecule has 1 aliphatic heterocycles. The van der Waals surface area contributed by atoms with Gasteiger partial charge >= 0.3 is 6.18 Å². The molecule has 1 fully saturated rings. The number of rotatable bonds is 3. The van der Waals surface area contributed by atoms with Crippen molar-refractivity contribution in [2.24, 2.45) is 0 Å². The van der Waals surface area contributed by atoms with E-state index in [-0.39, 0.29) is 17.5 Å². The number of benzene rings is 2. The van der Waals surface area contributed by atoms with Crippen LogP contribution in [0.4, 0.5) is 19.0 Å². The van der Waals surface area contributed by atoms with E-state index in [0.717, 1.165) is 30.8 Å². The predicted octanol–water partition coefficient (Wildman–Crippen LogP) is 4.44. The normalized spacial score (nSPS) is 17.0. The minimum atomic E-state index is -4.55. The first-order chi connectivity index (χ1) is 14.7. The first kappa shape index (κ1) is 20.9. The lowest BCUT2D eigenvalue weighted by Crippen LogP contribution is -2.44. The van der Waals surface area contributed by atoms with Gasteiger partial charge in [-0.2, -0.15) is 13.2 Å². The minimum absolute atomic E-state index is 0.0145. The van der Waals surface area contributed by atoms with Crippen LogP contribution in [-0.2, 0) is 11.0 Å². The van der Waals surface area contributed by atoms with E-state index in [2.05, 4.69) is 15.5 Å². The summed E-state index contributed by atoms with van der Waals surface area (Å²) in [5, 5.41) is 23.5. The first-order valence-corrected chi connectivity index (χ1v) is 9.92. The summed E-state index contributed by atoms with van der Waals surface area (Å²) in [4.78, 5) is 13.5. The Hall–Kier alpha value is -3.36. The number of carbonyl (C=O) groups is 1. The summed E-state index contributed by atoms with van der Waals surface area (Å²) in [5.74, 6) is 0.0380. The predicted molar refractivity (Wildman–Crippen MR) is 111 cm³/mol. The van der Waals surface area contributed by atoms with Gasteiger partial charge in [0.15, 0.2) is 5.82 Å². The fraction of sp³-hybridized carbons (Fsp3) is 0.318. The Balaban J connectivity index is 1.70. The third-order valence-corrected chi connectivity index (χ3v) is 5.48. The van der Waals surface area contributed by atoms with E-state index in [9.17, 15) is 23.1 Å². The van der Waals surface area contributed by atoms with Gasteiger partial charge in [-0.1, -0.05) is 24.3 Å². The third-order valence-electron chi connectivity index (χ3n) is 5.48. The molecule has 1 saturated heterocycles. The van der Waals surface area contributed by atoms with Gasteiger partial charge in [0.2, 0.25) is 5.91 Å². The second kappa shape index (κ2) is 8.05. The number of nitrogens with one attached hydrogen (secondary N) is 1. The highest BCUT2D eigenvalue weighted by Gasteiger charge is 2.31. The number of hydrogen-bond donors (Lipinski definition) is 2. The van der Waals surface area contributed by atoms with Crippen molar-refractivity contribution in [3.63, 3.8) is 0 Å². The molecule has 31 heavy (non-hydrogen) atoms. The molecule has 0 saturated carbocycles. The van der Waals surface area contributed by atoms with E-state index in [4.69, 9.17) is 0 Å². The number of amides is 1. The number of phenols is 1. The quantitative estimate of drug-likeness (QED) is 0.642. The summed E-state index contributed by atoms with van der Waals surface area (Å²) in [6.45, 7) is 2.84. The minimum Gasteiger partial charge on any atom is -0.507 e. The van der Waals surface area contributed by atoms with Gasteiger partial charge in [-0.25, -0.2) is 0 Å². The van der Waals surface area contributed by atoms with Crippen molar-refractivity contribution in [2.75, 3.05) is 18.4 Å². The Morgan fingerprint density at radius 1 is 1.16 bits per heavy atom. The molecular formula is C22H21F3N4O2. The van der Waals surface area contributed by atoms with E-state index in [1.165, 1.54) is 6.07 Å². The highest BCUT2D eigenvalue weighted by Crippen LogP contribution is 2.38. The van der Waals surface area contributed by atoms with Crippen LogP contribution < -0.4 is 5.32 Å². The van der Waals surface area contributed by atoms with Gasteiger partial charge in [0.05, 0.1) is 5.56 Å². The fourth-order valence-electron chi connectivity index (χ4n) is 3.89. The molecule has 1 amide bonds. The summed E-state index contributed by atoms with van der Waals surface area (Å²) in [7, 11) is 0. The molecule has 0 spiro atoms. The van der Waals surface area contributed by atoms with Crippen LogP contribution in [0.2, 0.25) is 0 Å². The van der Waals surface area contributed by atoms with Crippen LogP contribution in [0.15, 0.2) is 42.5 Å². The SMILES string of the molecule is CC(=O)N1CCC[C@@H](Nc2nnc(-c3ccc(C(F)(F)F)cc3O)c3ccccc23)C1. The lowest BCUT2D eigenvalue weighted by molar-refractivity contribution is -0.137. The van der Waals surface area contributed by atoms with E-state index in [0.29, 0.717) is 29.5 Å². The second-order valence-electron chi connectivity index (χ2n) is 7.62. The monoisotopic (exact) mass is 430 g/mol. The van der Waals surface area contributed by atoms with Crippen molar-refractivity contribution in [1.29, 1.82) is 0 Å². The zero-order valence-corrected chi connectivity index (χ0v) is 16.8. The maximum atomic E-state index is 12.9. The summed E-state index contributed by atoms with van der Waals surface area (Å²) in [6.07, 6.45) is -2.80. The molecule has 0 radical (unpaired) electrons. The Labute approximate surface area is 176 Å². The van der Waals surface area contributed by atoms with Crippen molar-refractivity contribution in [2.45, 2.75) is 32.0 Å². The van der Waals surface area contributed by atoms with Crippen LogP contribution >= 0.6 is 0 Å². The zero-order valence-electron chi connectivity index (χ0n) is 16.8. The van der Waals surface area contributed by atoms with Gasteiger partial charge in [-0.15, -0.1) is 10.2 Å². The van der Waals surface area contributed by atoms with Gasteiger partial charge in [-0.05, 0) is 31.0 Å². The second-order valence-corrected chi connectivity index (χ2v) is 7.62. The van der Waals surface area contributed by atoms with Crippen LogP contribution in [0.3, 0.4) is 0 Å². The maximum absolute atomic E-state index is 12.9. The van der Waals surface area contributed by atoms with Crippen LogP contribution in [0.1, 0.15) is 25.3 Å². The number of hydrogen-bond acceptors (Lipinski definition) is 5. The molecular weight excluding hydrogens is 409 g/mol. The Morgan fingerprint density at radius 3 is 2.58 bits per heavy atom. The number of piperidine rings is 1. The molecule has 1 aliphatic rings. The molecule has 1 aromatic heterocycles. The number of aromatic nitrogens is 2. The van der Waals surface area contributed by atoms with Gasteiger partial charge in [-0.3, -0.25) is 4.79 Å². The van der Waals surface area contributed by atoms with Crippen molar-refractivity contribution < 1.29 is 23.1 Å². The standard InChI is InChI=1S/C22H21F3N4O2/c1-13(30)29-10-4-5-15(12-29)26-21-17-7-3-2-6-16(17)20(27-28-21)18-9-8-14(11-19(18)31)22(23,24)25/h2-3,6-9,11,15,31H,4-5,10,12H2,1H3,(H,26,28)/t15-/m1/s1. The van der Waals surface area contributed by atoms with Crippen LogP contribution in [0.25, 0.3) is 22.0 Å². The average Bonchev–Trinajstić information content (AvgIpc) is 2.74. The molecule has 0 aliphatic carbocycles. The van der Waals surface area contributed by atoms with E-state index in [1.807, 2.05) is 12.1 Å². The molecule has 2 heterocycles. The number of aromatic hydroxyl groups is 1. The number of halogens is 3. The Kier molecular flexibility index (Phi) is 5.43. The third kappa shape index (κ3) is 4.26. The van der Waals surface area contributed by atoms with Crippen molar-refractivity contribution in [1.82, 2.24) is 15.1 Å². The molecule has 2 N–H and O–H groups in total. The van der Waals surface area contributed by atoms with Gasteiger partial charge in [0, 0.05) is 42.4 Å². The van der Waals surface area contributed by atoms with Gasteiger partial charge in [0.25, 0.3) is 0 Å². The molecule has 3 aromatic rings. The molecule has 0 unspecified atom stereocenters. The van der Waals surface area contributed by atoms with Crippen LogP contribution in [0.5, 0.6) is 5.75 Å². The molecule has 2 aromatic carbocycles.